The van der Waals surface area contributed by atoms with Gasteiger partial charge < -0.3 is 10.1 Å². The Bertz CT molecular complexity index is 511. The van der Waals surface area contributed by atoms with Crippen molar-refractivity contribution >= 4 is 11.9 Å². The van der Waals surface area contributed by atoms with Crippen LogP contribution in [-0.2, 0) is 9.53 Å². The summed E-state index contributed by atoms with van der Waals surface area (Å²) in [7, 11) is 1.49. The number of rotatable bonds is 3. The highest BCUT2D eigenvalue weighted by atomic mass is 16.5. The molecule has 22 heavy (non-hydrogen) atoms. The maximum absolute atomic E-state index is 12.6. The minimum atomic E-state index is -0.507. The number of ether oxygens (including phenoxy) is 1. The van der Waals surface area contributed by atoms with Crippen molar-refractivity contribution in [2.75, 3.05) is 20.1 Å². The summed E-state index contributed by atoms with van der Waals surface area (Å²) in [6.45, 7) is 5.26. The van der Waals surface area contributed by atoms with Crippen molar-refractivity contribution in [2.24, 2.45) is 0 Å². The minimum absolute atomic E-state index is 0.0442. The standard InChI is InChI=1S/C16H23N3O3/c1-11-9-19(10-12(2)22-11)14(13-7-5-4-6-8-13)15(20)18-16(21)17-3/h4-8,11-12,14H,9-10H2,1-3H3,(H2,17,18,20,21)/t11-,12+,14-/m0/s1. The van der Waals surface area contributed by atoms with Gasteiger partial charge in [0.25, 0.3) is 0 Å². The summed E-state index contributed by atoms with van der Waals surface area (Å²) in [5.74, 6) is -0.327. The number of hydrogen-bond acceptors (Lipinski definition) is 4. The highest BCUT2D eigenvalue weighted by Crippen LogP contribution is 2.25. The Morgan fingerprint density at radius 1 is 1.18 bits per heavy atom. The molecule has 1 aliphatic rings. The molecule has 3 atom stereocenters. The van der Waals surface area contributed by atoms with E-state index in [0.717, 1.165) is 5.56 Å². The van der Waals surface area contributed by atoms with Gasteiger partial charge >= 0.3 is 6.03 Å². The minimum Gasteiger partial charge on any atom is -0.373 e. The van der Waals surface area contributed by atoms with Crippen LogP contribution in [0.15, 0.2) is 30.3 Å². The van der Waals surface area contributed by atoms with Gasteiger partial charge in [-0.2, -0.15) is 0 Å². The molecule has 0 spiro atoms. The average molecular weight is 305 g/mol. The fraction of sp³-hybridized carbons (Fsp3) is 0.500. The lowest BCUT2D eigenvalue weighted by Gasteiger charge is -2.39. The van der Waals surface area contributed by atoms with Gasteiger partial charge in [-0.05, 0) is 19.4 Å². The number of benzene rings is 1. The van der Waals surface area contributed by atoms with E-state index in [-0.39, 0.29) is 18.1 Å². The number of imide groups is 1. The highest BCUT2D eigenvalue weighted by Gasteiger charge is 2.33. The van der Waals surface area contributed by atoms with Crippen LogP contribution in [0.2, 0.25) is 0 Å². The first kappa shape index (κ1) is 16.5. The lowest BCUT2D eigenvalue weighted by atomic mass is 10.0. The highest BCUT2D eigenvalue weighted by molar-refractivity contribution is 5.97. The van der Waals surface area contributed by atoms with Crippen LogP contribution < -0.4 is 10.6 Å². The molecule has 1 aromatic carbocycles. The molecule has 120 valence electrons. The molecule has 0 unspecified atom stereocenters. The van der Waals surface area contributed by atoms with Crippen LogP contribution in [0.3, 0.4) is 0 Å². The smallest absolute Gasteiger partial charge is 0.321 e. The Morgan fingerprint density at radius 2 is 1.77 bits per heavy atom. The molecule has 1 aliphatic heterocycles. The van der Waals surface area contributed by atoms with Crippen LogP contribution in [0.4, 0.5) is 4.79 Å². The van der Waals surface area contributed by atoms with Gasteiger partial charge in [-0.3, -0.25) is 15.0 Å². The monoisotopic (exact) mass is 305 g/mol. The van der Waals surface area contributed by atoms with E-state index in [9.17, 15) is 9.59 Å². The van der Waals surface area contributed by atoms with Crippen molar-refractivity contribution in [3.63, 3.8) is 0 Å². The molecular weight excluding hydrogens is 282 g/mol. The fourth-order valence-corrected chi connectivity index (χ4v) is 2.83. The van der Waals surface area contributed by atoms with Crippen LogP contribution in [-0.4, -0.2) is 49.2 Å². The molecule has 1 fully saturated rings. The van der Waals surface area contributed by atoms with Crippen LogP contribution in [0.1, 0.15) is 25.5 Å². The summed E-state index contributed by atoms with van der Waals surface area (Å²) < 4.78 is 5.73. The molecule has 1 aromatic rings. The summed E-state index contributed by atoms with van der Waals surface area (Å²) in [6, 6.07) is 8.48. The van der Waals surface area contributed by atoms with E-state index in [4.69, 9.17) is 4.74 Å². The van der Waals surface area contributed by atoms with Crippen LogP contribution in [0, 0.1) is 0 Å². The molecule has 3 amide bonds. The second kappa shape index (κ2) is 7.38. The molecule has 2 rings (SSSR count). The number of nitrogens with one attached hydrogen (secondary N) is 2. The largest absolute Gasteiger partial charge is 0.373 e. The third-order valence-corrected chi connectivity index (χ3v) is 3.64. The Hall–Kier alpha value is -1.92. The first-order chi connectivity index (χ1) is 10.5. The van der Waals surface area contributed by atoms with Crippen molar-refractivity contribution in [1.29, 1.82) is 0 Å². The van der Waals surface area contributed by atoms with Gasteiger partial charge in [0, 0.05) is 20.1 Å². The van der Waals surface area contributed by atoms with Crippen molar-refractivity contribution in [3.8, 4) is 0 Å². The molecular formula is C16H23N3O3. The van der Waals surface area contributed by atoms with Gasteiger partial charge in [0.05, 0.1) is 12.2 Å². The normalized spacial score (nSPS) is 23.6. The lowest BCUT2D eigenvalue weighted by Crippen LogP contribution is -2.52. The first-order valence-electron chi connectivity index (χ1n) is 7.48. The number of carbonyl (C=O) groups is 2. The van der Waals surface area contributed by atoms with E-state index >= 15 is 0 Å². The summed E-state index contributed by atoms with van der Waals surface area (Å²) in [6.07, 6.45) is 0.0885. The Kier molecular flexibility index (Phi) is 5.51. The van der Waals surface area contributed by atoms with E-state index in [1.165, 1.54) is 7.05 Å². The quantitative estimate of drug-likeness (QED) is 0.883. The zero-order chi connectivity index (χ0) is 16.1. The summed E-state index contributed by atoms with van der Waals surface area (Å²) >= 11 is 0. The Balaban J connectivity index is 2.25. The van der Waals surface area contributed by atoms with Crippen molar-refractivity contribution < 1.29 is 14.3 Å². The van der Waals surface area contributed by atoms with Crippen LogP contribution >= 0.6 is 0 Å². The second-order valence-electron chi connectivity index (χ2n) is 5.59. The zero-order valence-electron chi connectivity index (χ0n) is 13.2. The van der Waals surface area contributed by atoms with Gasteiger partial charge in [-0.25, -0.2) is 4.79 Å². The number of carbonyl (C=O) groups excluding carboxylic acids is 2. The molecule has 6 nitrogen and oxygen atoms in total. The average Bonchev–Trinajstić information content (AvgIpc) is 2.47. The number of urea groups is 1. The lowest BCUT2D eigenvalue weighted by molar-refractivity contribution is -0.132. The Morgan fingerprint density at radius 3 is 2.32 bits per heavy atom. The zero-order valence-corrected chi connectivity index (χ0v) is 13.2. The van der Waals surface area contributed by atoms with E-state index < -0.39 is 12.1 Å². The third kappa shape index (κ3) is 4.05. The molecule has 1 saturated heterocycles. The molecule has 0 aliphatic carbocycles. The molecule has 0 saturated carbocycles. The molecule has 2 N–H and O–H groups in total. The molecule has 6 heteroatoms. The maximum Gasteiger partial charge on any atom is 0.321 e. The molecule has 0 radical (unpaired) electrons. The topological polar surface area (TPSA) is 70.7 Å². The van der Waals surface area contributed by atoms with E-state index in [1.54, 1.807) is 0 Å². The predicted octanol–water partition coefficient (Wildman–Crippen LogP) is 1.29. The van der Waals surface area contributed by atoms with E-state index in [0.29, 0.717) is 13.1 Å². The predicted molar refractivity (Wildman–Crippen MR) is 83.4 cm³/mol. The first-order valence-corrected chi connectivity index (χ1v) is 7.48. The summed E-state index contributed by atoms with van der Waals surface area (Å²) in [4.78, 5) is 26.1. The molecule has 1 heterocycles. The maximum atomic E-state index is 12.6. The number of amides is 3. The number of morpholine rings is 1. The van der Waals surface area contributed by atoms with Crippen LogP contribution in [0.25, 0.3) is 0 Å². The van der Waals surface area contributed by atoms with Crippen molar-refractivity contribution in [2.45, 2.75) is 32.1 Å². The number of hydrogen-bond donors (Lipinski definition) is 2. The molecule has 0 bridgehead atoms. The number of nitrogens with zero attached hydrogens (tertiary/aromatic N) is 1. The van der Waals surface area contributed by atoms with Gasteiger partial charge in [0.15, 0.2) is 0 Å². The Labute approximate surface area is 130 Å². The third-order valence-electron chi connectivity index (χ3n) is 3.64. The second-order valence-corrected chi connectivity index (χ2v) is 5.59. The molecule has 0 aromatic heterocycles. The van der Waals surface area contributed by atoms with E-state index in [2.05, 4.69) is 15.5 Å². The van der Waals surface area contributed by atoms with Gasteiger partial charge in [0.2, 0.25) is 5.91 Å². The van der Waals surface area contributed by atoms with Crippen molar-refractivity contribution in [3.05, 3.63) is 35.9 Å². The SMILES string of the molecule is CNC(=O)NC(=O)[C@H](c1ccccc1)N1C[C@@H](C)O[C@@H](C)C1. The van der Waals surface area contributed by atoms with Gasteiger partial charge in [0.1, 0.15) is 6.04 Å². The summed E-state index contributed by atoms with van der Waals surface area (Å²) in [5, 5.41) is 4.79. The van der Waals surface area contributed by atoms with Crippen molar-refractivity contribution in [1.82, 2.24) is 15.5 Å². The van der Waals surface area contributed by atoms with Crippen LogP contribution in [0.5, 0.6) is 0 Å². The van der Waals surface area contributed by atoms with Gasteiger partial charge in [-0.1, -0.05) is 30.3 Å². The van der Waals surface area contributed by atoms with Gasteiger partial charge in [-0.15, -0.1) is 0 Å². The summed E-state index contributed by atoms with van der Waals surface area (Å²) in [5.41, 5.74) is 0.866. The fourth-order valence-electron chi connectivity index (χ4n) is 2.83. The van der Waals surface area contributed by atoms with E-state index in [1.807, 2.05) is 44.2 Å².